The normalized spacial score (nSPS) is 20.0. The Morgan fingerprint density at radius 1 is 1.42 bits per heavy atom. The predicted octanol–water partition coefficient (Wildman–Crippen LogP) is 0.258. The molecule has 1 aromatic rings. The number of likely N-dealkylation sites (tertiary alicyclic amines) is 1. The fourth-order valence-corrected chi connectivity index (χ4v) is 2.89. The van der Waals surface area contributed by atoms with E-state index in [-0.39, 0.29) is 24.7 Å². The van der Waals surface area contributed by atoms with Crippen molar-refractivity contribution in [1.29, 1.82) is 0 Å². The van der Waals surface area contributed by atoms with Crippen molar-refractivity contribution >= 4 is 15.9 Å². The van der Waals surface area contributed by atoms with Crippen LogP contribution in [0.2, 0.25) is 0 Å². The number of carbonyl (C=O) groups excluding carboxylic acids is 1. The monoisotopic (exact) mass is 286 g/mol. The zero-order valence-electron chi connectivity index (χ0n) is 10.3. The lowest BCUT2D eigenvalue weighted by atomic mass is 10.1. The molecule has 2 N–H and O–H groups in total. The zero-order chi connectivity index (χ0) is 14.0. The molecule has 104 valence electrons. The molecule has 0 spiro atoms. The van der Waals surface area contributed by atoms with E-state index in [2.05, 4.69) is 0 Å². The van der Waals surface area contributed by atoms with E-state index in [0.717, 1.165) is 5.56 Å². The summed E-state index contributed by atoms with van der Waals surface area (Å²) in [7, 11) is -3.68. The van der Waals surface area contributed by atoms with Crippen LogP contribution in [0.5, 0.6) is 0 Å². The first-order valence-corrected chi connectivity index (χ1v) is 7.51. The molecule has 1 unspecified atom stereocenters. The Bertz CT molecular complexity index is 588. The number of halogens is 1. The first-order valence-electron chi connectivity index (χ1n) is 5.90. The van der Waals surface area contributed by atoms with Gasteiger partial charge in [0.15, 0.2) is 0 Å². The zero-order valence-corrected chi connectivity index (χ0v) is 11.1. The predicted molar refractivity (Wildman–Crippen MR) is 68.2 cm³/mol. The average molecular weight is 286 g/mol. The second-order valence-corrected chi connectivity index (χ2v) is 6.48. The smallest absolute Gasteiger partial charge is 0.224 e. The van der Waals surface area contributed by atoms with E-state index in [9.17, 15) is 17.6 Å². The number of benzene rings is 1. The van der Waals surface area contributed by atoms with Crippen molar-refractivity contribution in [2.75, 3.05) is 13.1 Å². The fourth-order valence-electron chi connectivity index (χ4n) is 2.13. The van der Waals surface area contributed by atoms with Crippen LogP contribution in [0.15, 0.2) is 24.3 Å². The van der Waals surface area contributed by atoms with Crippen LogP contribution in [0.1, 0.15) is 12.0 Å². The maximum atomic E-state index is 13.0. The van der Waals surface area contributed by atoms with Crippen LogP contribution in [-0.2, 0) is 21.2 Å². The van der Waals surface area contributed by atoms with Crippen LogP contribution in [-0.4, -0.2) is 37.6 Å². The number of sulfonamides is 1. The van der Waals surface area contributed by atoms with E-state index < -0.39 is 15.3 Å². The quantitative estimate of drug-likeness (QED) is 0.862. The number of hydrogen-bond donors (Lipinski definition) is 1. The molecule has 0 aliphatic carbocycles. The van der Waals surface area contributed by atoms with Gasteiger partial charge in [-0.3, -0.25) is 4.79 Å². The van der Waals surface area contributed by atoms with Gasteiger partial charge < -0.3 is 4.90 Å². The van der Waals surface area contributed by atoms with Gasteiger partial charge in [-0.15, -0.1) is 0 Å². The topological polar surface area (TPSA) is 80.5 Å². The first kappa shape index (κ1) is 14.0. The first-order chi connectivity index (χ1) is 8.86. The average Bonchev–Trinajstić information content (AvgIpc) is 2.68. The Morgan fingerprint density at radius 3 is 2.74 bits per heavy atom. The molecule has 2 rings (SSSR count). The molecule has 0 saturated carbocycles. The maximum absolute atomic E-state index is 13.0. The van der Waals surface area contributed by atoms with Crippen LogP contribution in [0.25, 0.3) is 0 Å². The number of carbonyl (C=O) groups is 1. The van der Waals surface area contributed by atoms with E-state index in [1.807, 2.05) is 0 Å². The van der Waals surface area contributed by atoms with Crippen molar-refractivity contribution in [3.05, 3.63) is 35.6 Å². The lowest BCUT2D eigenvalue weighted by Gasteiger charge is -2.16. The summed E-state index contributed by atoms with van der Waals surface area (Å²) in [5, 5.41) is 4.21. The number of rotatable bonds is 4. The summed E-state index contributed by atoms with van der Waals surface area (Å²) in [6, 6.07) is 6.11. The van der Waals surface area contributed by atoms with Gasteiger partial charge >= 0.3 is 0 Å². The lowest BCUT2D eigenvalue weighted by Crippen LogP contribution is -2.33. The van der Waals surface area contributed by atoms with Crippen molar-refractivity contribution in [3.63, 3.8) is 0 Å². The van der Waals surface area contributed by atoms with Gasteiger partial charge in [0.05, 0.1) is 0 Å². The van der Waals surface area contributed by atoms with Gasteiger partial charge in [0.25, 0.3) is 0 Å². The SMILES string of the molecule is NS(=O)(=O)C1CC(=O)N(CCc2cccc(F)c2)C1. The Balaban J connectivity index is 1.96. The molecule has 1 saturated heterocycles. The molecule has 1 aliphatic rings. The Kier molecular flexibility index (Phi) is 3.86. The Hall–Kier alpha value is -1.47. The highest BCUT2D eigenvalue weighted by Gasteiger charge is 2.35. The van der Waals surface area contributed by atoms with Gasteiger partial charge in [0.1, 0.15) is 11.1 Å². The summed E-state index contributed by atoms with van der Waals surface area (Å²) in [4.78, 5) is 13.1. The van der Waals surface area contributed by atoms with Crippen LogP contribution in [0.3, 0.4) is 0 Å². The highest BCUT2D eigenvalue weighted by Crippen LogP contribution is 2.17. The molecular formula is C12H15FN2O3S. The minimum atomic E-state index is -3.68. The van der Waals surface area contributed by atoms with Crippen LogP contribution in [0, 0.1) is 5.82 Å². The number of hydrogen-bond acceptors (Lipinski definition) is 3. The number of primary sulfonamides is 1. The molecule has 0 aromatic heterocycles. The minimum Gasteiger partial charge on any atom is -0.341 e. The summed E-state index contributed by atoms with van der Waals surface area (Å²) in [5.41, 5.74) is 0.770. The molecular weight excluding hydrogens is 271 g/mol. The highest BCUT2D eigenvalue weighted by molar-refractivity contribution is 7.89. The fraction of sp³-hybridized carbons (Fsp3) is 0.417. The standard InChI is InChI=1S/C12H15FN2O3S/c13-10-3-1-2-9(6-10)4-5-15-8-11(7-12(15)16)19(14,17)18/h1-3,6,11H,4-5,7-8H2,(H2,14,17,18). The minimum absolute atomic E-state index is 0.0675. The maximum Gasteiger partial charge on any atom is 0.224 e. The third-order valence-corrected chi connectivity index (χ3v) is 4.45. The van der Waals surface area contributed by atoms with E-state index in [0.29, 0.717) is 13.0 Å². The second-order valence-electron chi connectivity index (χ2n) is 4.63. The molecule has 5 nitrogen and oxygen atoms in total. The highest BCUT2D eigenvalue weighted by atomic mass is 32.2. The second kappa shape index (κ2) is 5.26. The van der Waals surface area contributed by atoms with Crippen molar-refractivity contribution in [2.24, 2.45) is 5.14 Å². The van der Waals surface area contributed by atoms with Gasteiger partial charge in [-0.25, -0.2) is 17.9 Å². The number of nitrogens with two attached hydrogens (primary N) is 1. The molecule has 1 aromatic carbocycles. The van der Waals surface area contributed by atoms with Gasteiger partial charge in [-0.1, -0.05) is 12.1 Å². The summed E-state index contributed by atoms with van der Waals surface area (Å²) in [5.74, 6) is -0.553. The van der Waals surface area contributed by atoms with Crippen LogP contribution < -0.4 is 5.14 Å². The van der Waals surface area contributed by atoms with Crippen molar-refractivity contribution in [1.82, 2.24) is 4.90 Å². The molecule has 1 amide bonds. The number of amides is 1. The Morgan fingerprint density at radius 2 is 2.16 bits per heavy atom. The molecule has 1 aliphatic heterocycles. The van der Waals surface area contributed by atoms with Gasteiger partial charge in [-0.2, -0.15) is 0 Å². The van der Waals surface area contributed by atoms with E-state index >= 15 is 0 Å². The van der Waals surface area contributed by atoms with Gasteiger partial charge in [0, 0.05) is 19.5 Å². The van der Waals surface area contributed by atoms with Gasteiger partial charge in [0.2, 0.25) is 15.9 Å². The Labute approximate surface area is 111 Å². The van der Waals surface area contributed by atoms with Crippen molar-refractivity contribution in [2.45, 2.75) is 18.1 Å². The van der Waals surface area contributed by atoms with E-state index in [4.69, 9.17) is 5.14 Å². The molecule has 7 heteroatoms. The summed E-state index contributed by atoms with van der Waals surface area (Å²) >= 11 is 0. The molecule has 1 atom stereocenters. The molecule has 1 fully saturated rings. The van der Waals surface area contributed by atoms with Crippen molar-refractivity contribution < 1.29 is 17.6 Å². The van der Waals surface area contributed by atoms with E-state index in [1.54, 1.807) is 12.1 Å². The summed E-state index contributed by atoms with van der Waals surface area (Å²) < 4.78 is 35.4. The third-order valence-electron chi connectivity index (χ3n) is 3.20. The van der Waals surface area contributed by atoms with E-state index in [1.165, 1.54) is 17.0 Å². The largest absolute Gasteiger partial charge is 0.341 e. The lowest BCUT2D eigenvalue weighted by molar-refractivity contribution is -0.127. The van der Waals surface area contributed by atoms with Crippen molar-refractivity contribution in [3.8, 4) is 0 Å². The van der Waals surface area contributed by atoms with Crippen LogP contribution >= 0.6 is 0 Å². The third kappa shape index (κ3) is 3.51. The van der Waals surface area contributed by atoms with Crippen LogP contribution in [0.4, 0.5) is 4.39 Å². The number of nitrogens with zero attached hydrogens (tertiary/aromatic N) is 1. The summed E-state index contributed by atoms with van der Waals surface area (Å²) in [6.07, 6.45) is 0.419. The summed E-state index contributed by atoms with van der Waals surface area (Å²) in [6.45, 7) is 0.487. The molecule has 0 radical (unpaired) electrons. The molecule has 1 heterocycles. The molecule has 19 heavy (non-hydrogen) atoms. The van der Waals surface area contributed by atoms with Gasteiger partial charge in [-0.05, 0) is 24.1 Å². The molecule has 0 bridgehead atoms.